The van der Waals surface area contributed by atoms with E-state index in [0.717, 1.165) is 22.3 Å². The van der Waals surface area contributed by atoms with E-state index in [2.05, 4.69) is 41.5 Å². The van der Waals surface area contributed by atoms with Gasteiger partial charge in [-0.3, -0.25) is 9.59 Å². The number of hydrogen-bond donors (Lipinski definition) is 1. The van der Waals surface area contributed by atoms with Crippen molar-refractivity contribution in [2.24, 2.45) is 22.7 Å². The number of benzene rings is 3. The zero-order valence-corrected chi connectivity index (χ0v) is 25.6. The molecule has 0 aliphatic heterocycles. The van der Waals surface area contributed by atoms with E-state index in [-0.39, 0.29) is 10.8 Å². The molecule has 0 saturated carbocycles. The van der Waals surface area contributed by atoms with Gasteiger partial charge in [-0.1, -0.05) is 120 Å². The quantitative estimate of drug-likeness (QED) is 0.137. The van der Waals surface area contributed by atoms with E-state index in [9.17, 15) is 14.7 Å². The van der Waals surface area contributed by atoms with Gasteiger partial charge < -0.3 is 14.6 Å². The van der Waals surface area contributed by atoms with Crippen LogP contribution in [0.4, 0.5) is 0 Å². The molecule has 0 bridgehead atoms. The molecule has 1 aliphatic rings. The van der Waals surface area contributed by atoms with Crippen LogP contribution in [0.15, 0.2) is 108 Å². The molecular formula is C37H42O5. The smallest absolute Gasteiger partial charge is 0.326 e. The number of esters is 2. The minimum atomic E-state index is -1.30. The average Bonchev–Trinajstić information content (AvgIpc) is 2.91. The van der Waals surface area contributed by atoms with Crippen molar-refractivity contribution in [1.82, 2.24) is 0 Å². The largest absolute Gasteiger partial charge is 0.426 e. The van der Waals surface area contributed by atoms with Crippen LogP contribution in [0.3, 0.4) is 0 Å². The molecule has 1 atom stereocenters. The normalized spacial score (nSPS) is 18.1. The second-order valence-electron chi connectivity index (χ2n) is 13.1. The van der Waals surface area contributed by atoms with Gasteiger partial charge in [-0.2, -0.15) is 0 Å². The Morgan fingerprint density at radius 2 is 1.14 bits per heavy atom. The Hall–Kier alpha value is -3.96. The summed E-state index contributed by atoms with van der Waals surface area (Å²) in [5.74, 6) is -3.08. The summed E-state index contributed by atoms with van der Waals surface area (Å²) in [6, 6.07) is 25.4. The summed E-state index contributed by atoms with van der Waals surface area (Å²) in [5, 5.41) is 11.5. The first-order valence-corrected chi connectivity index (χ1v) is 14.5. The number of rotatable bonds is 7. The van der Waals surface area contributed by atoms with Crippen LogP contribution in [0.2, 0.25) is 0 Å². The third-order valence-electron chi connectivity index (χ3n) is 7.70. The lowest BCUT2D eigenvalue weighted by Crippen LogP contribution is -2.41. The van der Waals surface area contributed by atoms with Crippen LogP contribution in [0.1, 0.15) is 58.6 Å². The topological polar surface area (TPSA) is 72.8 Å². The Morgan fingerprint density at radius 1 is 0.690 bits per heavy atom. The molecule has 5 heteroatoms. The van der Waals surface area contributed by atoms with Crippen LogP contribution >= 0.6 is 0 Å². The standard InChI is InChI=1S/C37H42O5/c1-24-15-14-16-25(21-24)31(26-22-29(36(2,3)4)33(38)30(23-26)37(5,6)7)32(34(39)41-27-17-10-8-11-18-27)35(40)42-28-19-12-9-13-20-28/h8-23,26,31-33,38H,1-7H3/t26?,31-,33?/m1/s1. The predicted molar refractivity (Wildman–Crippen MR) is 166 cm³/mol. The molecule has 0 heterocycles. The predicted octanol–water partition coefficient (Wildman–Crippen LogP) is 7.84. The monoisotopic (exact) mass is 566 g/mol. The highest BCUT2D eigenvalue weighted by Gasteiger charge is 2.45. The number of ether oxygens (including phenoxy) is 2. The molecule has 0 unspecified atom stereocenters. The second-order valence-corrected chi connectivity index (χ2v) is 13.1. The lowest BCUT2D eigenvalue weighted by molar-refractivity contribution is -0.152. The van der Waals surface area contributed by atoms with Gasteiger partial charge in [0.2, 0.25) is 0 Å². The van der Waals surface area contributed by atoms with Crippen LogP contribution < -0.4 is 9.47 Å². The summed E-state index contributed by atoms with van der Waals surface area (Å²) in [6.45, 7) is 14.4. The minimum absolute atomic E-state index is 0.346. The third kappa shape index (κ3) is 7.27. The molecule has 0 aromatic heterocycles. The molecule has 4 rings (SSSR count). The van der Waals surface area contributed by atoms with Gasteiger partial charge in [-0.25, -0.2) is 0 Å². The summed E-state index contributed by atoms with van der Waals surface area (Å²) in [5.41, 5.74) is 2.80. The highest BCUT2D eigenvalue weighted by Crippen LogP contribution is 2.47. The van der Waals surface area contributed by atoms with E-state index in [0.29, 0.717) is 11.5 Å². The number of aryl methyl sites for hydroxylation is 1. The Labute approximate surface area is 249 Å². The van der Waals surface area contributed by atoms with Crippen molar-refractivity contribution in [3.63, 3.8) is 0 Å². The molecule has 0 saturated heterocycles. The van der Waals surface area contributed by atoms with Gasteiger partial charge in [0, 0.05) is 11.8 Å². The number of hydrogen-bond acceptors (Lipinski definition) is 5. The summed E-state index contributed by atoms with van der Waals surface area (Å²) < 4.78 is 11.7. The molecule has 0 fully saturated rings. The number of carbonyl (C=O) groups is 2. The molecular weight excluding hydrogens is 524 g/mol. The van der Waals surface area contributed by atoms with Crippen LogP contribution in [-0.4, -0.2) is 23.1 Å². The number of para-hydroxylation sites is 2. The number of aliphatic hydroxyl groups is 1. The maximum absolute atomic E-state index is 14.1. The molecule has 5 nitrogen and oxygen atoms in total. The maximum atomic E-state index is 14.1. The third-order valence-corrected chi connectivity index (χ3v) is 7.70. The zero-order valence-electron chi connectivity index (χ0n) is 25.6. The fraction of sp³-hybridized carbons (Fsp3) is 0.351. The van der Waals surface area contributed by atoms with E-state index in [1.807, 2.05) is 55.5 Å². The average molecular weight is 567 g/mol. The van der Waals surface area contributed by atoms with Crippen molar-refractivity contribution in [2.45, 2.75) is 60.5 Å². The summed E-state index contributed by atoms with van der Waals surface area (Å²) >= 11 is 0. The summed E-state index contributed by atoms with van der Waals surface area (Å²) in [4.78, 5) is 28.2. The first kappa shape index (κ1) is 31.0. The molecule has 0 amide bonds. The van der Waals surface area contributed by atoms with Gasteiger partial charge in [-0.05, 0) is 58.7 Å². The van der Waals surface area contributed by atoms with Crippen LogP contribution in [0.5, 0.6) is 11.5 Å². The molecule has 42 heavy (non-hydrogen) atoms. The molecule has 3 aromatic carbocycles. The first-order chi connectivity index (χ1) is 19.8. The van der Waals surface area contributed by atoms with E-state index < -0.39 is 35.8 Å². The van der Waals surface area contributed by atoms with Crippen LogP contribution in [-0.2, 0) is 9.59 Å². The Morgan fingerprint density at radius 3 is 1.55 bits per heavy atom. The van der Waals surface area contributed by atoms with Gasteiger partial charge in [0.25, 0.3) is 0 Å². The van der Waals surface area contributed by atoms with Crippen molar-refractivity contribution < 1.29 is 24.2 Å². The fourth-order valence-corrected chi connectivity index (χ4v) is 5.58. The van der Waals surface area contributed by atoms with Gasteiger partial charge in [0.15, 0.2) is 5.92 Å². The van der Waals surface area contributed by atoms with Crippen molar-refractivity contribution in [3.8, 4) is 11.5 Å². The lowest BCUT2D eigenvalue weighted by Gasteiger charge is -2.41. The molecule has 3 aromatic rings. The Balaban J connectivity index is 1.93. The molecule has 1 aliphatic carbocycles. The number of allylic oxidation sites excluding steroid dienone is 2. The van der Waals surface area contributed by atoms with Gasteiger partial charge in [0.05, 0.1) is 6.10 Å². The zero-order chi connectivity index (χ0) is 30.7. The number of aliphatic hydroxyl groups excluding tert-OH is 1. The second kappa shape index (κ2) is 12.5. The first-order valence-electron chi connectivity index (χ1n) is 14.5. The van der Waals surface area contributed by atoms with Gasteiger partial charge >= 0.3 is 11.9 Å². The van der Waals surface area contributed by atoms with Crippen LogP contribution in [0, 0.1) is 29.6 Å². The van der Waals surface area contributed by atoms with E-state index in [1.54, 1.807) is 48.5 Å². The minimum Gasteiger partial charge on any atom is -0.426 e. The van der Waals surface area contributed by atoms with Crippen LogP contribution in [0.25, 0.3) is 0 Å². The van der Waals surface area contributed by atoms with E-state index >= 15 is 0 Å². The Bertz CT molecular complexity index is 1370. The van der Waals surface area contributed by atoms with Crippen molar-refractivity contribution in [1.29, 1.82) is 0 Å². The summed E-state index contributed by atoms with van der Waals surface area (Å²) in [6.07, 6.45) is 3.29. The van der Waals surface area contributed by atoms with E-state index in [4.69, 9.17) is 9.47 Å². The molecule has 0 spiro atoms. The summed E-state index contributed by atoms with van der Waals surface area (Å²) in [7, 11) is 0. The number of carbonyl (C=O) groups excluding carboxylic acids is 2. The highest BCUT2D eigenvalue weighted by molar-refractivity contribution is 5.98. The molecule has 0 radical (unpaired) electrons. The van der Waals surface area contributed by atoms with Gasteiger partial charge in [0.1, 0.15) is 11.5 Å². The molecule has 220 valence electrons. The maximum Gasteiger partial charge on any atom is 0.326 e. The SMILES string of the molecule is Cc1cccc([C@H](C2C=C(C(C)(C)C)C(O)C(C(C)(C)C)=C2)C(C(=O)Oc2ccccc2)C(=O)Oc2ccccc2)c1. The van der Waals surface area contributed by atoms with Crippen molar-refractivity contribution in [3.05, 3.63) is 119 Å². The Kier molecular flexibility index (Phi) is 9.22. The fourth-order valence-electron chi connectivity index (χ4n) is 5.58. The van der Waals surface area contributed by atoms with E-state index in [1.165, 1.54) is 0 Å². The molecule has 1 N–H and O–H groups in total. The highest BCUT2D eigenvalue weighted by atomic mass is 16.6. The lowest BCUT2D eigenvalue weighted by atomic mass is 9.65. The van der Waals surface area contributed by atoms with Crippen molar-refractivity contribution in [2.75, 3.05) is 0 Å². The van der Waals surface area contributed by atoms with Gasteiger partial charge in [-0.15, -0.1) is 0 Å². The van der Waals surface area contributed by atoms with Crippen molar-refractivity contribution >= 4 is 11.9 Å².